The van der Waals surface area contributed by atoms with Crippen molar-refractivity contribution in [2.45, 2.75) is 25.7 Å². The number of methoxy groups -OCH3 is 1. The number of ether oxygens (including phenoxy) is 3. The first-order valence-electron chi connectivity index (χ1n) is 11.7. The normalized spacial score (nSPS) is 14.6. The molecule has 3 aromatic rings. The molecular formula is C26H29F3N3O4S+. The van der Waals surface area contributed by atoms with Crippen LogP contribution >= 0.6 is 0 Å². The average Bonchev–Trinajstić information content (AvgIpc) is 3.55. The molecule has 11 heteroatoms. The molecule has 0 spiro atoms. The smallest absolute Gasteiger partial charge is 0.434 e. The molecule has 1 aliphatic rings. The number of benzene rings is 1. The molecule has 0 radical (unpaired) electrons. The highest BCUT2D eigenvalue weighted by Crippen LogP contribution is 2.47. The summed E-state index contributed by atoms with van der Waals surface area (Å²) in [4.78, 5) is 20.1. The molecular weight excluding hydrogens is 507 g/mol. The summed E-state index contributed by atoms with van der Waals surface area (Å²) in [7, 11) is 1.56. The summed E-state index contributed by atoms with van der Waals surface area (Å²) < 4.78 is 57.6. The van der Waals surface area contributed by atoms with E-state index in [4.69, 9.17) is 14.2 Å². The molecule has 0 bridgehead atoms. The molecule has 1 aromatic carbocycles. The van der Waals surface area contributed by atoms with Gasteiger partial charge in [-0.2, -0.15) is 13.2 Å². The molecule has 0 atom stereocenters. The topological polar surface area (TPSA) is 75.5 Å². The van der Waals surface area contributed by atoms with Crippen LogP contribution in [0.3, 0.4) is 0 Å². The third-order valence-electron chi connectivity index (χ3n) is 6.09. The van der Waals surface area contributed by atoms with E-state index in [1.54, 1.807) is 24.3 Å². The summed E-state index contributed by atoms with van der Waals surface area (Å²) >= 11 is 0. The summed E-state index contributed by atoms with van der Waals surface area (Å²) in [5, 5.41) is 0. The Labute approximate surface area is 216 Å². The van der Waals surface area contributed by atoms with E-state index in [0.29, 0.717) is 23.6 Å². The third-order valence-corrected chi connectivity index (χ3v) is 7.08. The highest BCUT2D eigenvalue weighted by Gasteiger charge is 2.52. The highest BCUT2D eigenvalue weighted by molar-refractivity contribution is 7.95. The van der Waals surface area contributed by atoms with E-state index in [2.05, 4.69) is 22.5 Å². The molecule has 1 aliphatic carbocycles. The number of rotatable bonds is 11. The van der Waals surface area contributed by atoms with Crippen molar-refractivity contribution in [2.24, 2.45) is 5.41 Å². The second kappa shape index (κ2) is 11.1. The van der Waals surface area contributed by atoms with Gasteiger partial charge in [0.1, 0.15) is 36.1 Å². The maximum Gasteiger partial charge on any atom is 0.434 e. The van der Waals surface area contributed by atoms with E-state index < -0.39 is 17.3 Å². The fourth-order valence-electron chi connectivity index (χ4n) is 3.68. The van der Waals surface area contributed by atoms with Gasteiger partial charge in [-0.1, -0.05) is 0 Å². The molecule has 0 N–H and O–H groups in total. The van der Waals surface area contributed by atoms with Crippen LogP contribution in [0.5, 0.6) is 5.75 Å². The average molecular weight is 537 g/mol. The van der Waals surface area contributed by atoms with E-state index in [1.165, 1.54) is 17.9 Å². The van der Waals surface area contributed by atoms with Crippen LogP contribution in [0.15, 0.2) is 48.8 Å². The van der Waals surface area contributed by atoms with Crippen molar-refractivity contribution in [2.75, 3.05) is 38.6 Å². The largest absolute Gasteiger partial charge is 0.492 e. The van der Waals surface area contributed by atoms with Crippen LogP contribution in [-0.2, 0) is 38.1 Å². The van der Waals surface area contributed by atoms with Gasteiger partial charge >= 0.3 is 12.1 Å². The number of hydrogen-bond donors (Lipinski definition) is 0. The molecule has 2 heterocycles. The van der Waals surface area contributed by atoms with Gasteiger partial charge in [-0.05, 0) is 60.1 Å². The molecule has 0 amide bonds. The van der Waals surface area contributed by atoms with Crippen LogP contribution in [0.25, 0.3) is 22.6 Å². The predicted molar refractivity (Wildman–Crippen MR) is 135 cm³/mol. The zero-order valence-corrected chi connectivity index (χ0v) is 21.7. The van der Waals surface area contributed by atoms with Gasteiger partial charge in [0.15, 0.2) is 5.69 Å². The lowest BCUT2D eigenvalue weighted by atomic mass is 10.1. The summed E-state index contributed by atoms with van der Waals surface area (Å²) in [6.45, 7) is 0.686. The Hall–Kier alpha value is -3.05. The molecule has 0 saturated heterocycles. The van der Waals surface area contributed by atoms with Crippen molar-refractivity contribution in [1.82, 2.24) is 14.5 Å². The first kappa shape index (κ1) is 27.0. The van der Waals surface area contributed by atoms with Crippen molar-refractivity contribution in [3.63, 3.8) is 0 Å². The van der Waals surface area contributed by atoms with Gasteiger partial charge in [0.2, 0.25) is 0 Å². The Morgan fingerprint density at radius 2 is 1.81 bits per heavy atom. The first-order chi connectivity index (χ1) is 17.6. The number of alkyl halides is 3. The van der Waals surface area contributed by atoms with Gasteiger partial charge in [0.05, 0.1) is 31.9 Å². The van der Waals surface area contributed by atoms with Gasteiger partial charge in [-0.3, -0.25) is 9.78 Å². The Bertz CT molecular complexity index is 1210. The van der Waals surface area contributed by atoms with Gasteiger partial charge in [-0.15, -0.1) is 0 Å². The molecule has 7 nitrogen and oxygen atoms in total. The summed E-state index contributed by atoms with van der Waals surface area (Å²) in [6, 6.07) is 10.7. The molecule has 1 fully saturated rings. The summed E-state index contributed by atoms with van der Waals surface area (Å²) in [6.07, 6.45) is 3.56. The standard InChI is InChI=1S/C26H29F3N3O4S/c1-34-24(33)25(10-11-25)16-36-20-7-4-18(5-8-20)21-9-6-19(14-30-21)23-31-22(26(27,28)29)15-32(23)17-35-12-13-37(2)3/h4-9,14-15H,10-13,16-17H2,1-3H3/q+1. The lowest BCUT2D eigenvalue weighted by Crippen LogP contribution is -2.24. The zero-order valence-electron chi connectivity index (χ0n) is 20.9. The second-order valence-electron chi connectivity index (χ2n) is 9.16. The zero-order chi connectivity index (χ0) is 26.6. The number of hydrogen-bond acceptors (Lipinski definition) is 6. The Balaban J connectivity index is 1.45. The van der Waals surface area contributed by atoms with Crippen molar-refractivity contribution in [3.8, 4) is 28.4 Å². The number of carbonyl (C=O) groups excluding carboxylic acids is 1. The van der Waals surface area contributed by atoms with Gasteiger partial charge < -0.3 is 18.8 Å². The summed E-state index contributed by atoms with van der Waals surface area (Å²) in [5.41, 5.74) is 0.391. The third kappa shape index (κ3) is 6.64. The van der Waals surface area contributed by atoms with Crippen LogP contribution in [0.4, 0.5) is 13.2 Å². The fourth-order valence-corrected chi connectivity index (χ4v) is 4.14. The number of nitrogens with zero attached hydrogens (tertiary/aromatic N) is 3. The number of pyridine rings is 1. The van der Waals surface area contributed by atoms with E-state index in [1.807, 2.05) is 12.1 Å². The molecule has 4 rings (SSSR count). The molecule has 198 valence electrons. The quantitative estimate of drug-likeness (QED) is 0.199. The van der Waals surface area contributed by atoms with Crippen molar-refractivity contribution in [3.05, 3.63) is 54.5 Å². The number of esters is 1. The van der Waals surface area contributed by atoms with Crippen LogP contribution in [-0.4, -0.2) is 59.1 Å². The summed E-state index contributed by atoms with van der Waals surface area (Å²) in [5.74, 6) is 1.35. The Kier molecular flexibility index (Phi) is 8.13. The van der Waals surface area contributed by atoms with E-state index in [-0.39, 0.29) is 36.0 Å². The van der Waals surface area contributed by atoms with Crippen LogP contribution < -0.4 is 4.74 Å². The number of halogens is 3. The fraction of sp³-hybridized carbons (Fsp3) is 0.423. The number of imidazole rings is 1. The SMILES string of the molecule is COC(=O)C1(COc2ccc(-c3ccc(-c4nc(C(F)(F)F)cn4COCC[S+](C)C)cn3)cc2)CC1. The van der Waals surface area contributed by atoms with E-state index in [0.717, 1.165) is 30.4 Å². The molecule has 1 saturated carbocycles. The van der Waals surface area contributed by atoms with Crippen LogP contribution in [0.1, 0.15) is 18.5 Å². The van der Waals surface area contributed by atoms with Crippen LogP contribution in [0.2, 0.25) is 0 Å². The van der Waals surface area contributed by atoms with Crippen LogP contribution in [0, 0.1) is 5.41 Å². The number of carbonyl (C=O) groups is 1. The lowest BCUT2D eigenvalue weighted by molar-refractivity contribution is -0.148. The predicted octanol–water partition coefficient (Wildman–Crippen LogP) is 4.81. The minimum atomic E-state index is -4.56. The van der Waals surface area contributed by atoms with E-state index in [9.17, 15) is 18.0 Å². The molecule has 0 aliphatic heterocycles. The van der Waals surface area contributed by atoms with Crippen molar-refractivity contribution < 1.29 is 32.2 Å². The lowest BCUT2D eigenvalue weighted by Gasteiger charge is -2.14. The number of aromatic nitrogens is 3. The second-order valence-corrected chi connectivity index (χ2v) is 11.5. The maximum atomic E-state index is 13.3. The van der Waals surface area contributed by atoms with Gasteiger partial charge in [-0.25, -0.2) is 4.98 Å². The molecule has 2 aromatic heterocycles. The Morgan fingerprint density at radius 1 is 1.11 bits per heavy atom. The van der Waals surface area contributed by atoms with Crippen molar-refractivity contribution >= 4 is 16.9 Å². The molecule has 0 unspecified atom stereocenters. The highest BCUT2D eigenvalue weighted by atomic mass is 32.2. The molecule has 37 heavy (non-hydrogen) atoms. The van der Waals surface area contributed by atoms with E-state index >= 15 is 0 Å². The first-order valence-corrected chi connectivity index (χ1v) is 13.9. The van der Waals surface area contributed by atoms with Crippen molar-refractivity contribution in [1.29, 1.82) is 0 Å². The minimum Gasteiger partial charge on any atom is -0.492 e. The Morgan fingerprint density at radius 3 is 2.38 bits per heavy atom. The maximum absolute atomic E-state index is 13.3. The van der Waals surface area contributed by atoms with Gasteiger partial charge in [0.25, 0.3) is 0 Å². The van der Waals surface area contributed by atoms with Gasteiger partial charge in [0, 0.05) is 23.5 Å². The monoisotopic (exact) mass is 536 g/mol. The minimum absolute atomic E-state index is 0.0317.